The molecule has 1 aliphatic carbocycles. The zero-order chi connectivity index (χ0) is 20.8. The minimum absolute atomic E-state index is 0.00179. The summed E-state index contributed by atoms with van der Waals surface area (Å²) in [7, 11) is 0. The number of carbonyl (C=O) groups is 2. The van der Waals surface area contributed by atoms with Gasteiger partial charge in [0.2, 0.25) is 5.91 Å². The third kappa shape index (κ3) is 2.85. The van der Waals surface area contributed by atoms with E-state index in [1.165, 1.54) is 12.1 Å². The molecule has 2 fully saturated rings. The number of para-hydroxylation sites is 1. The van der Waals surface area contributed by atoms with Crippen LogP contribution >= 0.6 is 0 Å². The molecule has 1 saturated carbocycles. The molecular weight excluding hydrogens is 383 g/mol. The fraction of sp³-hybridized carbons (Fsp3) is 0.417. The SMILES string of the molecule is O=C(C1CCCC1)N1C[C@@H]2[C@H](c3ccccc31)[C@@H](CO)N2C(=O)c1ccccc1F. The van der Waals surface area contributed by atoms with Gasteiger partial charge in [-0.3, -0.25) is 9.59 Å². The van der Waals surface area contributed by atoms with E-state index >= 15 is 0 Å². The Labute approximate surface area is 175 Å². The Balaban J connectivity index is 1.51. The van der Waals surface area contributed by atoms with E-state index in [2.05, 4.69) is 0 Å². The molecule has 2 aliphatic heterocycles. The molecule has 0 bridgehead atoms. The summed E-state index contributed by atoms with van der Waals surface area (Å²) in [6.07, 6.45) is 3.95. The van der Waals surface area contributed by atoms with Gasteiger partial charge in [-0.15, -0.1) is 0 Å². The number of hydrogen-bond donors (Lipinski definition) is 1. The molecule has 5 rings (SSSR count). The van der Waals surface area contributed by atoms with Crippen molar-refractivity contribution >= 4 is 17.5 Å². The molecular formula is C24H25FN2O3. The fourth-order valence-electron chi connectivity index (χ4n) is 5.54. The van der Waals surface area contributed by atoms with Crippen LogP contribution in [0.2, 0.25) is 0 Å². The molecule has 0 radical (unpaired) electrons. The van der Waals surface area contributed by atoms with Gasteiger partial charge in [0.05, 0.1) is 24.3 Å². The molecule has 30 heavy (non-hydrogen) atoms. The number of halogens is 1. The first kappa shape index (κ1) is 19.2. The van der Waals surface area contributed by atoms with E-state index in [0.29, 0.717) is 6.54 Å². The van der Waals surface area contributed by atoms with Crippen molar-refractivity contribution in [2.45, 2.75) is 43.7 Å². The lowest BCUT2D eigenvalue weighted by Crippen LogP contribution is -2.71. The first-order valence-corrected chi connectivity index (χ1v) is 10.7. The van der Waals surface area contributed by atoms with Crippen LogP contribution in [0.4, 0.5) is 10.1 Å². The minimum atomic E-state index is -0.572. The van der Waals surface area contributed by atoms with Gasteiger partial charge in [0.25, 0.3) is 5.91 Å². The number of rotatable bonds is 3. The van der Waals surface area contributed by atoms with E-state index in [4.69, 9.17) is 0 Å². The Bertz CT molecular complexity index is 988. The summed E-state index contributed by atoms with van der Waals surface area (Å²) in [4.78, 5) is 29.9. The van der Waals surface area contributed by atoms with Crippen LogP contribution in [-0.2, 0) is 4.79 Å². The smallest absolute Gasteiger partial charge is 0.257 e. The lowest BCUT2D eigenvalue weighted by atomic mass is 9.71. The van der Waals surface area contributed by atoms with Crippen molar-refractivity contribution in [2.75, 3.05) is 18.1 Å². The molecule has 3 atom stereocenters. The number of aliphatic hydroxyl groups excluding tert-OH is 1. The van der Waals surface area contributed by atoms with Crippen LogP contribution in [0, 0.1) is 11.7 Å². The number of likely N-dealkylation sites (tertiary alicyclic amines) is 1. The number of anilines is 1. The first-order valence-electron chi connectivity index (χ1n) is 10.7. The first-order chi connectivity index (χ1) is 14.6. The highest BCUT2D eigenvalue weighted by Crippen LogP contribution is 2.49. The van der Waals surface area contributed by atoms with Gasteiger partial charge in [-0.25, -0.2) is 4.39 Å². The molecule has 1 saturated heterocycles. The Hall–Kier alpha value is -2.73. The maximum atomic E-state index is 14.3. The summed E-state index contributed by atoms with van der Waals surface area (Å²) in [6.45, 7) is 0.181. The van der Waals surface area contributed by atoms with Gasteiger partial charge in [-0.05, 0) is 36.6 Å². The van der Waals surface area contributed by atoms with E-state index in [-0.39, 0.29) is 36.0 Å². The Kier molecular flexibility index (Phi) is 4.82. The predicted octanol–water partition coefficient (Wildman–Crippen LogP) is 3.33. The van der Waals surface area contributed by atoms with Gasteiger partial charge in [0, 0.05) is 24.1 Å². The summed E-state index contributed by atoms with van der Waals surface area (Å²) in [6, 6.07) is 13.0. The predicted molar refractivity (Wildman–Crippen MR) is 111 cm³/mol. The topological polar surface area (TPSA) is 60.9 Å². The molecule has 2 heterocycles. The molecule has 0 unspecified atom stereocenters. The van der Waals surface area contributed by atoms with Crippen LogP contribution in [0.5, 0.6) is 0 Å². The number of fused-ring (bicyclic) bond motifs is 3. The molecule has 0 aromatic heterocycles. The molecule has 2 aromatic rings. The summed E-state index contributed by atoms with van der Waals surface area (Å²) >= 11 is 0. The highest BCUT2D eigenvalue weighted by molar-refractivity contribution is 5.99. The van der Waals surface area contributed by atoms with Gasteiger partial charge in [0.1, 0.15) is 5.82 Å². The number of carbonyl (C=O) groups excluding carboxylic acids is 2. The highest BCUT2D eigenvalue weighted by Gasteiger charge is 2.55. The molecule has 1 N–H and O–H groups in total. The summed E-state index contributed by atoms with van der Waals surface area (Å²) in [5, 5.41) is 10.1. The van der Waals surface area contributed by atoms with E-state index in [1.54, 1.807) is 17.0 Å². The highest BCUT2D eigenvalue weighted by atomic mass is 19.1. The van der Waals surface area contributed by atoms with Crippen molar-refractivity contribution in [1.82, 2.24) is 4.90 Å². The van der Waals surface area contributed by atoms with Crippen LogP contribution in [-0.4, -0.2) is 47.1 Å². The van der Waals surface area contributed by atoms with Gasteiger partial charge in [-0.2, -0.15) is 0 Å². The Morgan fingerprint density at radius 3 is 2.47 bits per heavy atom. The molecule has 5 nitrogen and oxygen atoms in total. The van der Waals surface area contributed by atoms with Crippen LogP contribution in [0.1, 0.15) is 47.5 Å². The van der Waals surface area contributed by atoms with Crippen LogP contribution in [0.25, 0.3) is 0 Å². The molecule has 2 aromatic carbocycles. The summed E-state index contributed by atoms with van der Waals surface area (Å²) in [5.41, 5.74) is 1.87. The van der Waals surface area contributed by atoms with Crippen LogP contribution in [0.3, 0.4) is 0 Å². The third-order valence-electron chi connectivity index (χ3n) is 7.00. The van der Waals surface area contributed by atoms with Crippen molar-refractivity contribution in [1.29, 1.82) is 0 Å². The largest absolute Gasteiger partial charge is 0.394 e. The second-order valence-corrected chi connectivity index (χ2v) is 8.52. The Morgan fingerprint density at radius 1 is 1.03 bits per heavy atom. The van der Waals surface area contributed by atoms with Crippen molar-refractivity contribution in [3.8, 4) is 0 Å². The zero-order valence-corrected chi connectivity index (χ0v) is 16.7. The second-order valence-electron chi connectivity index (χ2n) is 8.52. The molecule has 6 heteroatoms. The number of hydrogen-bond acceptors (Lipinski definition) is 3. The van der Waals surface area contributed by atoms with E-state index in [9.17, 15) is 19.1 Å². The number of benzene rings is 2. The standard InChI is InChI=1S/C24H25FN2O3/c25-18-11-5-3-9-16(18)24(30)27-20-13-26(23(29)15-7-1-2-8-15)19-12-6-4-10-17(19)22(20)21(27)14-28/h3-6,9-12,15,20-22,28H,1-2,7-8,13-14H2/t20-,21-,22+/m1/s1. The molecule has 2 amide bonds. The lowest BCUT2D eigenvalue weighted by molar-refractivity contribution is -0.123. The number of nitrogens with zero attached hydrogens (tertiary/aromatic N) is 2. The minimum Gasteiger partial charge on any atom is -0.394 e. The second kappa shape index (κ2) is 7.51. The lowest BCUT2D eigenvalue weighted by Gasteiger charge is -2.59. The van der Waals surface area contributed by atoms with Crippen LogP contribution in [0.15, 0.2) is 48.5 Å². The van der Waals surface area contributed by atoms with Crippen molar-refractivity contribution in [3.05, 3.63) is 65.5 Å². The average Bonchev–Trinajstić information content (AvgIpc) is 3.29. The maximum Gasteiger partial charge on any atom is 0.257 e. The van der Waals surface area contributed by atoms with E-state index in [1.807, 2.05) is 29.2 Å². The van der Waals surface area contributed by atoms with Crippen molar-refractivity contribution < 1.29 is 19.1 Å². The normalized spacial score (nSPS) is 25.5. The Morgan fingerprint density at radius 2 is 1.73 bits per heavy atom. The zero-order valence-electron chi connectivity index (χ0n) is 16.7. The van der Waals surface area contributed by atoms with Crippen LogP contribution < -0.4 is 4.90 Å². The fourth-order valence-corrected chi connectivity index (χ4v) is 5.54. The maximum absolute atomic E-state index is 14.3. The van der Waals surface area contributed by atoms with E-state index in [0.717, 1.165) is 36.9 Å². The molecule has 3 aliphatic rings. The van der Waals surface area contributed by atoms with Gasteiger partial charge in [0.15, 0.2) is 0 Å². The summed E-state index contributed by atoms with van der Waals surface area (Å²) < 4.78 is 14.3. The monoisotopic (exact) mass is 408 g/mol. The van der Waals surface area contributed by atoms with E-state index < -0.39 is 17.8 Å². The average molecular weight is 408 g/mol. The number of aliphatic hydroxyl groups is 1. The van der Waals surface area contributed by atoms with Gasteiger partial charge < -0.3 is 14.9 Å². The summed E-state index contributed by atoms with van der Waals surface area (Å²) in [5.74, 6) is -0.920. The van der Waals surface area contributed by atoms with Gasteiger partial charge in [-0.1, -0.05) is 43.2 Å². The molecule has 0 spiro atoms. The van der Waals surface area contributed by atoms with Crippen molar-refractivity contribution in [2.24, 2.45) is 5.92 Å². The van der Waals surface area contributed by atoms with Crippen molar-refractivity contribution in [3.63, 3.8) is 0 Å². The van der Waals surface area contributed by atoms with Gasteiger partial charge >= 0.3 is 0 Å². The molecule has 156 valence electrons. The third-order valence-corrected chi connectivity index (χ3v) is 7.00. The number of amides is 2. The quantitative estimate of drug-likeness (QED) is 0.848.